The summed E-state index contributed by atoms with van der Waals surface area (Å²) in [7, 11) is 0. The number of aryl methyl sites for hydroxylation is 1. The molecule has 0 radical (unpaired) electrons. The zero-order valence-corrected chi connectivity index (χ0v) is 13.7. The predicted octanol–water partition coefficient (Wildman–Crippen LogP) is 2.78. The smallest absolute Gasteiger partial charge is 0.273 e. The van der Waals surface area contributed by atoms with Crippen LogP contribution >= 0.6 is 0 Å². The molecule has 0 unspecified atom stereocenters. The summed E-state index contributed by atoms with van der Waals surface area (Å²) in [6, 6.07) is 4.72. The first-order chi connectivity index (χ1) is 11.0. The van der Waals surface area contributed by atoms with Gasteiger partial charge in [-0.2, -0.15) is 0 Å². The van der Waals surface area contributed by atoms with Gasteiger partial charge in [-0.3, -0.25) is 14.9 Å². The highest BCUT2D eigenvalue weighted by Crippen LogP contribution is 2.34. The van der Waals surface area contributed by atoms with E-state index in [-0.39, 0.29) is 23.6 Å². The molecule has 6 nitrogen and oxygen atoms in total. The van der Waals surface area contributed by atoms with Crippen LogP contribution in [-0.2, 0) is 6.42 Å². The highest BCUT2D eigenvalue weighted by Gasteiger charge is 2.34. The molecule has 0 saturated carbocycles. The van der Waals surface area contributed by atoms with Gasteiger partial charge in [-0.1, -0.05) is 19.9 Å². The molecular weight excluding hydrogens is 296 g/mol. The van der Waals surface area contributed by atoms with Crippen molar-refractivity contribution in [1.82, 2.24) is 4.90 Å². The number of hydrogen-bond acceptors (Lipinski definition) is 4. The standard InChI is InChI=1S/C17H24N2O4/c1-3-13-5-6-14(11-15(13)19(22)23)16(21)18-9-7-17(4-2,12-20)8-10-18/h5-6,11,20H,3-4,7-10,12H2,1-2H3. The maximum absolute atomic E-state index is 12.6. The lowest BCUT2D eigenvalue weighted by Crippen LogP contribution is -2.44. The summed E-state index contributed by atoms with van der Waals surface area (Å²) < 4.78 is 0. The number of piperidine rings is 1. The van der Waals surface area contributed by atoms with Gasteiger partial charge in [0.15, 0.2) is 0 Å². The number of benzene rings is 1. The van der Waals surface area contributed by atoms with Gasteiger partial charge in [0.1, 0.15) is 0 Å². The molecule has 0 spiro atoms. The molecule has 0 aromatic heterocycles. The largest absolute Gasteiger partial charge is 0.396 e. The zero-order chi connectivity index (χ0) is 17.0. The number of rotatable bonds is 5. The van der Waals surface area contributed by atoms with Crippen molar-refractivity contribution in [2.45, 2.75) is 39.5 Å². The third kappa shape index (κ3) is 3.52. The van der Waals surface area contributed by atoms with Crippen molar-refractivity contribution >= 4 is 11.6 Å². The average molecular weight is 320 g/mol. The van der Waals surface area contributed by atoms with Crippen molar-refractivity contribution in [3.8, 4) is 0 Å². The van der Waals surface area contributed by atoms with Gasteiger partial charge >= 0.3 is 0 Å². The number of nitro benzene ring substituents is 1. The van der Waals surface area contributed by atoms with Gasteiger partial charge in [-0.25, -0.2) is 0 Å². The van der Waals surface area contributed by atoms with Crippen molar-refractivity contribution < 1.29 is 14.8 Å². The highest BCUT2D eigenvalue weighted by molar-refractivity contribution is 5.95. The summed E-state index contributed by atoms with van der Waals surface area (Å²) in [6.45, 7) is 5.21. The van der Waals surface area contributed by atoms with E-state index in [4.69, 9.17) is 0 Å². The molecule has 0 aliphatic carbocycles. The van der Waals surface area contributed by atoms with Crippen LogP contribution in [0.4, 0.5) is 5.69 Å². The van der Waals surface area contributed by atoms with Crippen LogP contribution in [0.1, 0.15) is 49.0 Å². The molecule has 1 aliphatic heterocycles. The molecule has 1 N–H and O–H groups in total. The van der Waals surface area contributed by atoms with E-state index in [2.05, 4.69) is 6.92 Å². The fraction of sp³-hybridized carbons (Fsp3) is 0.588. The third-order valence-electron chi connectivity index (χ3n) is 5.11. The Morgan fingerprint density at radius 2 is 2.00 bits per heavy atom. The Morgan fingerprint density at radius 3 is 2.48 bits per heavy atom. The second-order valence-electron chi connectivity index (χ2n) is 6.26. The first-order valence-corrected chi connectivity index (χ1v) is 8.14. The predicted molar refractivity (Wildman–Crippen MR) is 87.4 cm³/mol. The van der Waals surface area contributed by atoms with Gasteiger partial charge in [0.25, 0.3) is 11.6 Å². The van der Waals surface area contributed by atoms with Crippen LogP contribution in [0.25, 0.3) is 0 Å². The van der Waals surface area contributed by atoms with E-state index >= 15 is 0 Å². The van der Waals surface area contributed by atoms with E-state index in [0.717, 1.165) is 19.3 Å². The minimum atomic E-state index is -0.431. The van der Waals surface area contributed by atoms with Crippen molar-refractivity contribution in [3.05, 3.63) is 39.4 Å². The van der Waals surface area contributed by atoms with Crippen molar-refractivity contribution in [2.75, 3.05) is 19.7 Å². The number of carbonyl (C=O) groups is 1. The van der Waals surface area contributed by atoms with Crippen molar-refractivity contribution in [3.63, 3.8) is 0 Å². The van der Waals surface area contributed by atoms with Crippen molar-refractivity contribution in [1.29, 1.82) is 0 Å². The number of amides is 1. The normalized spacial score (nSPS) is 17.1. The Balaban J connectivity index is 2.16. The summed E-state index contributed by atoms with van der Waals surface area (Å²) in [5, 5.41) is 20.7. The Bertz CT molecular complexity index is 586. The lowest BCUT2D eigenvalue weighted by atomic mass is 9.77. The number of aliphatic hydroxyl groups is 1. The summed E-state index contributed by atoms with van der Waals surface area (Å²) in [5.41, 5.74) is 0.917. The topological polar surface area (TPSA) is 83.7 Å². The van der Waals surface area contributed by atoms with E-state index in [1.54, 1.807) is 17.0 Å². The number of nitrogens with zero attached hydrogens (tertiary/aromatic N) is 2. The van der Waals surface area contributed by atoms with Crippen LogP contribution in [0, 0.1) is 15.5 Å². The van der Waals surface area contributed by atoms with Gasteiger partial charge in [-0.15, -0.1) is 0 Å². The molecule has 0 bridgehead atoms. The molecule has 2 rings (SSSR count). The van der Waals surface area contributed by atoms with Gasteiger partial charge in [-0.05, 0) is 37.2 Å². The monoisotopic (exact) mass is 320 g/mol. The molecule has 1 amide bonds. The molecule has 1 aromatic rings. The quantitative estimate of drug-likeness (QED) is 0.668. The Labute approximate surface area is 136 Å². The van der Waals surface area contributed by atoms with Crippen LogP contribution in [0.15, 0.2) is 18.2 Å². The molecule has 6 heteroatoms. The van der Waals surface area contributed by atoms with Gasteiger partial charge in [0.2, 0.25) is 0 Å². The molecule has 1 saturated heterocycles. The summed E-state index contributed by atoms with van der Waals surface area (Å²) >= 11 is 0. The van der Waals surface area contributed by atoms with Gasteiger partial charge in [0.05, 0.1) is 4.92 Å². The van der Waals surface area contributed by atoms with E-state index in [1.165, 1.54) is 6.07 Å². The molecule has 126 valence electrons. The van der Waals surface area contributed by atoms with Crippen LogP contribution in [0.3, 0.4) is 0 Å². The van der Waals surface area contributed by atoms with Crippen LogP contribution in [0.2, 0.25) is 0 Å². The number of aliphatic hydroxyl groups excluding tert-OH is 1. The van der Waals surface area contributed by atoms with Crippen LogP contribution < -0.4 is 0 Å². The van der Waals surface area contributed by atoms with E-state index in [9.17, 15) is 20.0 Å². The number of nitro groups is 1. The number of carbonyl (C=O) groups excluding carboxylic acids is 1. The molecule has 1 fully saturated rings. The zero-order valence-electron chi connectivity index (χ0n) is 13.7. The second-order valence-corrected chi connectivity index (χ2v) is 6.26. The maximum atomic E-state index is 12.6. The molecule has 0 atom stereocenters. The van der Waals surface area contributed by atoms with E-state index < -0.39 is 4.92 Å². The molecule has 1 heterocycles. The average Bonchev–Trinajstić information content (AvgIpc) is 2.60. The molecule has 1 aliphatic rings. The fourth-order valence-electron chi connectivity index (χ4n) is 3.16. The molecular formula is C17H24N2O4. The Hall–Kier alpha value is -1.95. The first kappa shape index (κ1) is 17.4. The lowest BCUT2D eigenvalue weighted by Gasteiger charge is -2.40. The fourth-order valence-corrected chi connectivity index (χ4v) is 3.16. The summed E-state index contributed by atoms with van der Waals surface area (Å²) in [4.78, 5) is 25.0. The Kier molecular flexibility index (Phi) is 5.36. The van der Waals surface area contributed by atoms with Gasteiger partial charge < -0.3 is 10.0 Å². The number of hydrogen-bond donors (Lipinski definition) is 1. The van der Waals surface area contributed by atoms with Crippen molar-refractivity contribution in [2.24, 2.45) is 5.41 Å². The van der Waals surface area contributed by atoms with Crippen LogP contribution in [-0.4, -0.2) is 40.5 Å². The molecule has 23 heavy (non-hydrogen) atoms. The van der Waals surface area contributed by atoms with Crippen LogP contribution in [0.5, 0.6) is 0 Å². The Morgan fingerprint density at radius 1 is 1.35 bits per heavy atom. The minimum Gasteiger partial charge on any atom is -0.396 e. The summed E-state index contributed by atoms with van der Waals surface area (Å²) in [5.74, 6) is -0.168. The first-order valence-electron chi connectivity index (χ1n) is 8.14. The van der Waals surface area contributed by atoms with E-state index in [1.807, 2.05) is 6.92 Å². The van der Waals surface area contributed by atoms with Gasteiger partial charge in [0, 0.05) is 36.9 Å². The van der Waals surface area contributed by atoms with E-state index in [0.29, 0.717) is 30.6 Å². The second kappa shape index (κ2) is 7.08. The SMILES string of the molecule is CCc1ccc(C(=O)N2CCC(CC)(CO)CC2)cc1[N+](=O)[O-]. The lowest BCUT2D eigenvalue weighted by molar-refractivity contribution is -0.385. The highest BCUT2D eigenvalue weighted by atomic mass is 16.6. The minimum absolute atomic E-state index is 0.00798. The maximum Gasteiger partial charge on any atom is 0.273 e. The number of likely N-dealkylation sites (tertiary alicyclic amines) is 1. The molecule has 1 aromatic carbocycles. The third-order valence-corrected chi connectivity index (χ3v) is 5.11. The summed E-state index contributed by atoms with van der Waals surface area (Å²) in [6.07, 6.45) is 2.98.